The average molecular weight is 452 g/mol. The normalized spacial score (nSPS) is 48.5. The van der Waals surface area contributed by atoms with Gasteiger partial charge in [-0.15, -0.1) is 0 Å². The van der Waals surface area contributed by atoms with Crippen LogP contribution in [0, 0.1) is 30.1 Å². The van der Waals surface area contributed by atoms with Crippen LogP contribution in [0.25, 0.3) is 0 Å². The van der Waals surface area contributed by atoms with Crippen molar-refractivity contribution in [2.24, 2.45) is 23.2 Å². The highest BCUT2D eigenvalue weighted by Crippen LogP contribution is 2.64. The van der Waals surface area contributed by atoms with E-state index >= 15 is 0 Å². The maximum atomic E-state index is 7.10. The number of hydrogen-bond donors (Lipinski definition) is 0. The summed E-state index contributed by atoms with van der Waals surface area (Å²) in [4.78, 5) is 2.59. The number of rotatable bonds is 3. The largest absolute Gasteiger partial charge is 0.496 e. The molecule has 5 aliphatic carbocycles. The summed E-state index contributed by atoms with van der Waals surface area (Å²) in [5.74, 6) is 3.53. The first kappa shape index (κ1) is 21.2. The van der Waals surface area contributed by atoms with Gasteiger partial charge < -0.3 is 19.1 Å². The van der Waals surface area contributed by atoms with E-state index in [1.165, 1.54) is 56.1 Å². The van der Waals surface area contributed by atoms with E-state index in [-0.39, 0.29) is 11.2 Å². The third-order valence-electron chi connectivity index (χ3n) is 11.1. The van der Waals surface area contributed by atoms with E-state index in [0.29, 0.717) is 17.6 Å². The van der Waals surface area contributed by atoms with Crippen molar-refractivity contribution in [3.05, 3.63) is 29.3 Å². The fourth-order valence-electron chi connectivity index (χ4n) is 9.91. The Labute approximate surface area is 199 Å². The molecule has 1 spiro atoms. The van der Waals surface area contributed by atoms with Crippen molar-refractivity contribution >= 4 is 0 Å². The fraction of sp³-hybridized carbons (Fsp3) is 0.793. The number of likely N-dealkylation sites (N-methyl/N-ethyl adjacent to an activating group) is 1. The third kappa shape index (κ3) is 3.06. The van der Waals surface area contributed by atoms with E-state index in [1.54, 1.807) is 7.11 Å². The minimum Gasteiger partial charge on any atom is -0.496 e. The fourth-order valence-corrected chi connectivity index (χ4v) is 9.91. The van der Waals surface area contributed by atoms with Gasteiger partial charge in [0, 0.05) is 24.3 Å². The lowest BCUT2D eigenvalue weighted by atomic mass is 9.48. The highest BCUT2D eigenvalue weighted by atomic mass is 16.7. The molecule has 2 heterocycles. The van der Waals surface area contributed by atoms with Gasteiger partial charge in [0.25, 0.3) is 0 Å². The highest BCUT2D eigenvalue weighted by Gasteiger charge is 2.62. The number of nitrogens with zero attached hydrogens (tertiary/aromatic N) is 1. The molecule has 1 aromatic carbocycles. The summed E-state index contributed by atoms with van der Waals surface area (Å²) in [7, 11) is 4.08. The Kier molecular flexibility index (Phi) is 4.63. The molecular formula is C29H41NO3. The van der Waals surface area contributed by atoms with Crippen LogP contribution in [0.2, 0.25) is 0 Å². The molecule has 2 unspecified atom stereocenters. The minimum atomic E-state index is -0.359. The van der Waals surface area contributed by atoms with E-state index in [1.807, 2.05) is 0 Å². The molecule has 0 N–H and O–H groups in total. The standard InChI is InChI=1S/C29H41NO3/c1-19-10-23(4-5-24(19)31-3)28-6-7-29(17-25(28)30(2)9-8-28)32-18-26(33-29)27-14-20-11-21(15-27)13-22(12-20)16-27/h4-5,10,20-22,25-26H,6-9,11-18H2,1-3H3/t20?,21?,22?,25-,26?,27?,28-,29?/m0/s1. The van der Waals surface area contributed by atoms with Crippen molar-refractivity contribution in [1.82, 2.24) is 4.90 Å². The summed E-state index contributed by atoms with van der Waals surface area (Å²) in [5.41, 5.74) is 3.36. The zero-order chi connectivity index (χ0) is 22.4. The van der Waals surface area contributed by atoms with Gasteiger partial charge in [-0.2, -0.15) is 0 Å². The molecule has 7 aliphatic rings. The number of likely N-dealkylation sites (tertiary alicyclic amines) is 1. The minimum absolute atomic E-state index is 0.211. The van der Waals surface area contributed by atoms with Gasteiger partial charge >= 0.3 is 0 Å². The van der Waals surface area contributed by atoms with Crippen molar-refractivity contribution in [1.29, 1.82) is 0 Å². The van der Waals surface area contributed by atoms with Crippen molar-refractivity contribution in [2.45, 2.75) is 94.5 Å². The molecule has 33 heavy (non-hydrogen) atoms. The monoisotopic (exact) mass is 451 g/mol. The first-order chi connectivity index (χ1) is 15.9. The van der Waals surface area contributed by atoms with Gasteiger partial charge in [-0.1, -0.05) is 12.1 Å². The molecule has 0 amide bonds. The van der Waals surface area contributed by atoms with Crippen molar-refractivity contribution in [2.75, 3.05) is 27.3 Å². The SMILES string of the molecule is COc1ccc([C@]23CCN(C)[C@H]2CC2(CC3)OCC(C34CC5CC(CC(C5)C3)C4)O2)cc1C. The molecule has 0 aromatic heterocycles. The van der Waals surface area contributed by atoms with Crippen molar-refractivity contribution in [3.63, 3.8) is 0 Å². The van der Waals surface area contributed by atoms with E-state index < -0.39 is 0 Å². The molecular weight excluding hydrogens is 410 g/mol. The van der Waals surface area contributed by atoms with E-state index in [4.69, 9.17) is 14.2 Å². The van der Waals surface area contributed by atoms with Crippen LogP contribution in [0.4, 0.5) is 0 Å². The summed E-state index contributed by atoms with van der Waals surface area (Å²) < 4.78 is 19.4. The zero-order valence-corrected chi connectivity index (χ0v) is 20.8. The topological polar surface area (TPSA) is 30.9 Å². The van der Waals surface area contributed by atoms with Gasteiger partial charge in [-0.05, 0) is 112 Å². The van der Waals surface area contributed by atoms with Crippen LogP contribution >= 0.6 is 0 Å². The summed E-state index contributed by atoms with van der Waals surface area (Å²) in [5, 5.41) is 0. The Morgan fingerprint density at radius 3 is 2.36 bits per heavy atom. The number of fused-ring (bicyclic) bond motifs is 1. The van der Waals surface area contributed by atoms with Crippen LogP contribution < -0.4 is 4.74 Å². The molecule has 2 aliphatic heterocycles. The number of aryl methyl sites for hydroxylation is 1. The first-order valence-corrected chi connectivity index (χ1v) is 13.6. The van der Waals surface area contributed by atoms with Crippen LogP contribution in [-0.2, 0) is 14.9 Å². The zero-order valence-electron chi connectivity index (χ0n) is 20.8. The second-order valence-electron chi connectivity index (χ2n) is 12.9. The van der Waals surface area contributed by atoms with Crippen LogP contribution in [0.15, 0.2) is 18.2 Å². The van der Waals surface area contributed by atoms with E-state index in [2.05, 4.69) is 37.1 Å². The molecule has 4 nitrogen and oxygen atoms in total. The molecule has 2 saturated heterocycles. The van der Waals surface area contributed by atoms with Gasteiger partial charge in [-0.3, -0.25) is 0 Å². The predicted molar refractivity (Wildman–Crippen MR) is 128 cm³/mol. The van der Waals surface area contributed by atoms with Crippen LogP contribution in [0.1, 0.15) is 75.3 Å². The Hall–Kier alpha value is -1.10. The highest BCUT2D eigenvalue weighted by molar-refractivity contribution is 5.41. The van der Waals surface area contributed by atoms with E-state index in [0.717, 1.165) is 55.9 Å². The van der Waals surface area contributed by atoms with Crippen LogP contribution in [0.5, 0.6) is 5.75 Å². The second-order valence-corrected chi connectivity index (χ2v) is 12.9. The number of ether oxygens (including phenoxy) is 3. The lowest BCUT2D eigenvalue weighted by Crippen LogP contribution is -2.55. The summed E-state index contributed by atoms with van der Waals surface area (Å²) in [6.45, 7) is 4.16. The molecule has 8 rings (SSSR count). The Morgan fingerprint density at radius 1 is 0.970 bits per heavy atom. The summed E-state index contributed by atoms with van der Waals surface area (Å²) in [6.07, 6.45) is 13.5. The van der Waals surface area contributed by atoms with Crippen LogP contribution in [0.3, 0.4) is 0 Å². The van der Waals surface area contributed by atoms with Gasteiger partial charge in [0.05, 0.1) is 19.8 Å². The molecule has 1 aromatic rings. The maximum absolute atomic E-state index is 7.10. The smallest absolute Gasteiger partial charge is 0.170 e. The molecule has 5 saturated carbocycles. The number of methoxy groups -OCH3 is 1. The molecule has 4 heteroatoms. The first-order valence-electron chi connectivity index (χ1n) is 13.6. The van der Waals surface area contributed by atoms with Gasteiger partial charge in [0.1, 0.15) is 5.75 Å². The average Bonchev–Trinajstić information content (AvgIpc) is 3.36. The molecule has 4 bridgehead atoms. The van der Waals surface area contributed by atoms with Gasteiger partial charge in [-0.25, -0.2) is 0 Å². The summed E-state index contributed by atoms with van der Waals surface area (Å²) in [6, 6.07) is 7.36. The second kappa shape index (κ2) is 7.21. The molecule has 0 radical (unpaired) electrons. The lowest BCUT2D eigenvalue weighted by molar-refractivity contribution is -0.225. The third-order valence-corrected chi connectivity index (χ3v) is 11.1. The Bertz CT molecular complexity index is 910. The van der Waals surface area contributed by atoms with Crippen molar-refractivity contribution < 1.29 is 14.2 Å². The lowest BCUT2D eigenvalue weighted by Gasteiger charge is -2.58. The molecule has 180 valence electrons. The summed E-state index contributed by atoms with van der Waals surface area (Å²) >= 11 is 0. The van der Waals surface area contributed by atoms with E-state index in [9.17, 15) is 0 Å². The Balaban J connectivity index is 1.14. The maximum Gasteiger partial charge on any atom is 0.170 e. The van der Waals surface area contributed by atoms with Crippen molar-refractivity contribution in [3.8, 4) is 5.75 Å². The number of hydrogen-bond acceptors (Lipinski definition) is 4. The van der Waals surface area contributed by atoms with Gasteiger partial charge in [0.15, 0.2) is 5.79 Å². The number of benzene rings is 1. The quantitative estimate of drug-likeness (QED) is 0.611. The van der Waals surface area contributed by atoms with Crippen LogP contribution in [-0.4, -0.2) is 50.1 Å². The van der Waals surface area contributed by atoms with Gasteiger partial charge in [0.2, 0.25) is 0 Å². The predicted octanol–water partition coefficient (Wildman–Crippen LogP) is 5.46. The Morgan fingerprint density at radius 2 is 1.70 bits per heavy atom. The molecule has 7 fully saturated rings. The molecule has 4 atom stereocenters.